The lowest BCUT2D eigenvalue weighted by atomic mass is 10.3. The molecule has 2 aromatic rings. The molecule has 0 aliphatic heterocycles. The second kappa shape index (κ2) is 7.92. The maximum atomic E-state index is 12.1. The number of rotatable bonds is 5. The monoisotopic (exact) mass is 348 g/mol. The zero-order valence-corrected chi connectivity index (χ0v) is 15.0. The Morgan fingerprint density at radius 1 is 1.21 bits per heavy atom. The number of carbonyl (C=O) groups is 2. The molecule has 0 N–H and O–H groups in total. The molecule has 1 aromatic heterocycles. The molecule has 0 amide bonds. The summed E-state index contributed by atoms with van der Waals surface area (Å²) in [6, 6.07) is 7.34. The molecule has 1 heterocycles. The molecular weight excluding hydrogens is 328 g/mol. The summed E-state index contributed by atoms with van der Waals surface area (Å²) >= 11 is 1.32. The predicted octanol–water partition coefficient (Wildman–Crippen LogP) is 3.33. The van der Waals surface area contributed by atoms with E-state index in [9.17, 15) is 9.59 Å². The molecule has 0 saturated heterocycles. The van der Waals surface area contributed by atoms with Crippen molar-refractivity contribution in [3.05, 3.63) is 33.9 Å². The highest BCUT2D eigenvalue weighted by atomic mass is 32.1. The zero-order valence-electron chi connectivity index (χ0n) is 14.2. The first-order valence-corrected chi connectivity index (χ1v) is 8.50. The van der Waals surface area contributed by atoms with Crippen LogP contribution in [-0.4, -0.2) is 23.1 Å². The number of hydrogen-bond donors (Lipinski definition) is 0. The largest absolute Gasteiger partial charge is 0.492 e. The van der Waals surface area contributed by atoms with Gasteiger partial charge in [-0.05, 0) is 25.5 Å². The molecule has 0 fully saturated rings. The van der Waals surface area contributed by atoms with Gasteiger partial charge in [-0.2, -0.15) is 0 Å². The van der Waals surface area contributed by atoms with Crippen molar-refractivity contribution in [3.8, 4) is 11.6 Å². The van der Waals surface area contributed by atoms with Crippen molar-refractivity contribution in [1.29, 1.82) is 0 Å². The second-order valence-corrected chi connectivity index (χ2v) is 5.99. The summed E-state index contributed by atoms with van der Waals surface area (Å²) in [4.78, 5) is 29.2. The van der Waals surface area contributed by atoms with E-state index in [0.29, 0.717) is 29.3 Å². The fraction of sp³-hybridized carbons (Fsp3) is 0.353. The van der Waals surface area contributed by atoms with Gasteiger partial charge in [-0.25, -0.2) is 9.56 Å². The Balaban J connectivity index is 2.68. The van der Waals surface area contributed by atoms with E-state index in [4.69, 9.17) is 9.47 Å². The molecule has 0 aliphatic carbocycles. The van der Waals surface area contributed by atoms with E-state index < -0.39 is 5.97 Å². The normalized spacial score (nSPS) is 11.4. The van der Waals surface area contributed by atoms with E-state index in [1.165, 1.54) is 29.8 Å². The van der Waals surface area contributed by atoms with E-state index in [1.807, 2.05) is 38.1 Å². The SMILES string of the molecule is CCOc1ccccc1N=c1sc(CC)c(OC(C)=O)n1C(C)=O. The summed E-state index contributed by atoms with van der Waals surface area (Å²) in [7, 11) is 0. The van der Waals surface area contributed by atoms with Crippen molar-refractivity contribution in [1.82, 2.24) is 4.57 Å². The van der Waals surface area contributed by atoms with Crippen molar-refractivity contribution < 1.29 is 19.1 Å². The number of aromatic nitrogens is 1. The molecular formula is C17H20N2O4S. The average Bonchev–Trinajstić information content (AvgIpc) is 2.86. The smallest absolute Gasteiger partial charge is 0.309 e. The minimum atomic E-state index is -0.473. The zero-order chi connectivity index (χ0) is 17.7. The lowest BCUT2D eigenvalue weighted by molar-refractivity contribution is -0.132. The van der Waals surface area contributed by atoms with E-state index in [2.05, 4.69) is 4.99 Å². The molecule has 0 aliphatic rings. The highest BCUT2D eigenvalue weighted by Crippen LogP contribution is 2.28. The molecule has 0 unspecified atom stereocenters. The van der Waals surface area contributed by atoms with Gasteiger partial charge in [0.15, 0.2) is 4.80 Å². The third-order valence-electron chi connectivity index (χ3n) is 3.11. The first kappa shape index (κ1) is 17.9. The van der Waals surface area contributed by atoms with Crippen LogP contribution in [0.2, 0.25) is 0 Å². The number of carbonyl (C=O) groups excluding carboxylic acids is 2. The van der Waals surface area contributed by atoms with Gasteiger partial charge < -0.3 is 9.47 Å². The maximum Gasteiger partial charge on any atom is 0.309 e. The molecule has 0 saturated carbocycles. The molecule has 0 bridgehead atoms. The number of esters is 1. The summed E-state index contributed by atoms with van der Waals surface area (Å²) in [6.45, 7) is 7.06. The third-order valence-corrected chi connectivity index (χ3v) is 4.27. The highest BCUT2D eigenvalue weighted by molar-refractivity contribution is 7.09. The summed E-state index contributed by atoms with van der Waals surface area (Å²) in [5, 5.41) is 0. The molecule has 1 aromatic carbocycles. The van der Waals surface area contributed by atoms with Crippen LogP contribution in [0.25, 0.3) is 0 Å². The van der Waals surface area contributed by atoms with Crippen LogP contribution in [0.15, 0.2) is 29.3 Å². The van der Waals surface area contributed by atoms with Crippen molar-refractivity contribution in [3.63, 3.8) is 0 Å². The van der Waals surface area contributed by atoms with Gasteiger partial charge in [-0.15, -0.1) is 0 Å². The molecule has 24 heavy (non-hydrogen) atoms. The van der Waals surface area contributed by atoms with Crippen LogP contribution in [-0.2, 0) is 11.2 Å². The number of thiazole rings is 1. The Morgan fingerprint density at radius 3 is 2.50 bits per heavy atom. The average molecular weight is 348 g/mol. The van der Waals surface area contributed by atoms with E-state index in [1.54, 1.807) is 0 Å². The molecule has 6 nitrogen and oxygen atoms in total. The summed E-state index contributed by atoms with van der Waals surface area (Å²) in [6.07, 6.45) is 0.628. The van der Waals surface area contributed by atoms with Crippen LogP contribution >= 0.6 is 11.3 Å². The van der Waals surface area contributed by atoms with E-state index in [-0.39, 0.29) is 11.8 Å². The molecule has 0 spiro atoms. The van der Waals surface area contributed by atoms with Crippen molar-refractivity contribution >= 4 is 28.9 Å². The van der Waals surface area contributed by atoms with Gasteiger partial charge in [0.2, 0.25) is 11.8 Å². The number of nitrogens with zero attached hydrogens (tertiary/aromatic N) is 2. The highest BCUT2D eigenvalue weighted by Gasteiger charge is 2.19. The Kier molecular flexibility index (Phi) is 5.92. The maximum absolute atomic E-state index is 12.1. The van der Waals surface area contributed by atoms with Gasteiger partial charge in [0.05, 0.1) is 11.5 Å². The van der Waals surface area contributed by atoms with Gasteiger partial charge in [0.25, 0.3) is 0 Å². The van der Waals surface area contributed by atoms with E-state index >= 15 is 0 Å². The van der Waals surface area contributed by atoms with Gasteiger partial charge >= 0.3 is 5.97 Å². The molecule has 7 heteroatoms. The number of hydrogen-bond acceptors (Lipinski definition) is 6. The lowest BCUT2D eigenvalue weighted by Gasteiger charge is -2.07. The first-order chi connectivity index (χ1) is 11.5. The summed E-state index contributed by atoms with van der Waals surface area (Å²) in [5.74, 6) is 0.138. The topological polar surface area (TPSA) is 69.9 Å². The molecule has 0 atom stereocenters. The first-order valence-electron chi connectivity index (χ1n) is 7.68. The summed E-state index contributed by atoms with van der Waals surface area (Å²) < 4.78 is 12.1. The molecule has 2 rings (SSSR count). The van der Waals surface area contributed by atoms with Crippen molar-refractivity contribution in [2.75, 3.05) is 6.61 Å². The van der Waals surface area contributed by atoms with Gasteiger partial charge in [-0.3, -0.25) is 9.59 Å². The Bertz CT molecular complexity index is 820. The van der Waals surface area contributed by atoms with Crippen LogP contribution in [0.3, 0.4) is 0 Å². The van der Waals surface area contributed by atoms with E-state index in [0.717, 1.165) is 4.88 Å². The van der Waals surface area contributed by atoms with Crippen LogP contribution in [0.1, 0.15) is 37.4 Å². The van der Waals surface area contributed by atoms with Crippen LogP contribution in [0.4, 0.5) is 5.69 Å². The number of benzene rings is 1. The fourth-order valence-electron chi connectivity index (χ4n) is 2.15. The summed E-state index contributed by atoms with van der Waals surface area (Å²) in [5.41, 5.74) is 0.618. The van der Waals surface area contributed by atoms with Gasteiger partial charge in [0, 0.05) is 13.8 Å². The minimum Gasteiger partial charge on any atom is -0.492 e. The van der Waals surface area contributed by atoms with Crippen LogP contribution in [0.5, 0.6) is 11.6 Å². The number of para-hydroxylation sites is 2. The Labute approximate surface area is 144 Å². The Morgan fingerprint density at radius 2 is 1.92 bits per heavy atom. The van der Waals surface area contributed by atoms with Gasteiger partial charge in [-0.1, -0.05) is 30.4 Å². The Hall–Kier alpha value is -2.41. The third kappa shape index (κ3) is 3.91. The predicted molar refractivity (Wildman–Crippen MR) is 92.1 cm³/mol. The molecule has 0 radical (unpaired) electrons. The lowest BCUT2D eigenvalue weighted by Crippen LogP contribution is -2.22. The number of ether oxygens (including phenoxy) is 2. The van der Waals surface area contributed by atoms with Crippen molar-refractivity contribution in [2.45, 2.75) is 34.1 Å². The number of aryl methyl sites for hydroxylation is 1. The van der Waals surface area contributed by atoms with Crippen LogP contribution in [0, 0.1) is 0 Å². The fourth-order valence-corrected chi connectivity index (χ4v) is 3.19. The van der Waals surface area contributed by atoms with Crippen LogP contribution < -0.4 is 14.3 Å². The minimum absolute atomic E-state index is 0.246. The molecule has 128 valence electrons. The van der Waals surface area contributed by atoms with Crippen molar-refractivity contribution in [2.24, 2.45) is 4.99 Å². The standard InChI is InChI=1S/C17H20N2O4S/c1-5-15-16(23-12(4)21)19(11(3)20)17(24-15)18-13-9-7-8-10-14(13)22-6-2/h7-10H,5-6H2,1-4H3. The quantitative estimate of drug-likeness (QED) is 0.777. The van der Waals surface area contributed by atoms with Gasteiger partial charge in [0.1, 0.15) is 11.4 Å². The second-order valence-electron chi connectivity index (χ2n) is 4.93.